The lowest BCUT2D eigenvalue weighted by atomic mass is 10.2. The Morgan fingerprint density at radius 3 is 2.78 bits per heavy atom. The van der Waals surface area contributed by atoms with E-state index < -0.39 is 0 Å². The van der Waals surface area contributed by atoms with E-state index in [-0.39, 0.29) is 0 Å². The number of anilines is 1. The molecule has 0 aliphatic carbocycles. The average molecular weight is 422 g/mol. The molecule has 3 aromatic rings. The van der Waals surface area contributed by atoms with Crippen LogP contribution in [0.15, 0.2) is 41.9 Å². The Labute approximate surface area is 173 Å². The van der Waals surface area contributed by atoms with Crippen LogP contribution in [0.3, 0.4) is 0 Å². The van der Waals surface area contributed by atoms with E-state index in [4.69, 9.17) is 27.9 Å². The van der Waals surface area contributed by atoms with Gasteiger partial charge in [-0.05, 0) is 30.7 Å². The lowest BCUT2D eigenvalue weighted by Gasteiger charge is -2.36. The van der Waals surface area contributed by atoms with Crippen molar-refractivity contribution in [3.63, 3.8) is 0 Å². The van der Waals surface area contributed by atoms with Crippen molar-refractivity contribution in [2.45, 2.75) is 6.42 Å². The molecule has 0 radical (unpaired) electrons. The summed E-state index contributed by atoms with van der Waals surface area (Å²) < 4.78 is 7.08. The fourth-order valence-electron chi connectivity index (χ4n) is 3.35. The van der Waals surface area contributed by atoms with Gasteiger partial charge in [-0.2, -0.15) is 0 Å². The minimum Gasteiger partial charge on any atom is -0.493 e. The van der Waals surface area contributed by atoms with Crippen LogP contribution in [-0.4, -0.2) is 49.2 Å². The van der Waals surface area contributed by atoms with Gasteiger partial charge in [-0.15, -0.1) is 11.3 Å². The molecule has 27 heavy (non-hydrogen) atoms. The van der Waals surface area contributed by atoms with Crippen LogP contribution in [0.1, 0.15) is 6.42 Å². The molecule has 1 aliphatic heterocycles. The summed E-state index contributed by atoms with van der Waals surface area (Å²) in [5.74, 6) is 0.897. The smallest absolute Gasteiger partial charge is 0.121 e. The highest BCUT2D eigenvalue weighted by atomic mass is 35.5. The van der Waals surface area contributed by atoms with Crippen LogP contribution < -0.4 is 9.64 Å². The van der Waals surface area contributed by atoms with E-state index in [0.29, 0.717) is 10.0 Å². The number of ether oxygens (including phenoxy) is 1. The SMILES string of the molecule is Clc1cccc(N2CCN(CCCOc3ccc4scnc4c3)CC2)c1Cl. The zero-order valence-corrected chi connectivity index (χ0v) is 17.2. The number of piperazine rings is 1. The maximum Gasteiger partial charge on any atom is 0.121 e. The van der Waals surface area contributed by atoms with Crippen LogP contribution in [0.4, 0.5) is 5.69 Å². The van der Waals surface area contributed by atoms with Crippen molar-refractivity contribution in [3.8, 4) is 5.75 Å². The number of fused-ring (bicyclic) bond motifs is 1. The summed E-state index contributed by atoms with van der Waals surface area (Å²) in [6.45, 7) is 5.72. The predicted molar refractivity (Wildman–Crippen MR) is 115 cm³/mol. The second-order valence-corrected chi connectivity index (χ2v) is 8.26. The Morgan fingerprint density at radius 2 is 1.93 bits per heavy atom. The molecule has 0 saturated carbocycles. The first kappa shape index (κ1) is 18.8. The Morgan fingerprint density at radius 1 is 1.07 bits per heavy atom. The van der Waals surface area contributed by atoms with Gasteiger partial charge in [0, 0.05) is 38.8 Å². The zero-order chi connectivity index (χ0) is 18.6. The van der Waals surface area contributed by atoms with E-state index in [2.05, 4.69) is 20.9 Å². The molecule has 0 bridgehead atoms. The summed E-state index contributed by atoms with van der Waals surface area (Å²) in [6, 6.07) is 11.9. The molecule has 0 spiro atoms. The number of thiazole rings is 1. The van der Waals surface area contributed by atoms with Crippen molar-refractivity contribution in [3.05, 3.63) is 52.0 Å². The van der Waals surface area contributed by atoms with Gasteiger partial charge in [0.25, 0.3) is 0 Å². The third kappa shape index (κ3) is 4.49. The molecule has 4 nitrogen and oxygen atoms in total. The molecule has 2 heterocycles. The second-order valence-electron chi connectivity index (χ2n) is 6.59. The molecule has 2 aromatic carbocycles. The Kier molecular flexibility index (Phi) is 6.03. The monoisotopic (exact) mass is 421 g/mol. The van der Waals surface area contributed by atoms with Gasteiger partial charge in [-0.25, -0.2) is 4.98 Å². The Bertz CT molecular complexity index is 909. The van der Waals surface area contributed by atoms with Crippen molar-refractivity contribution >= 4 is 50.4 Å². The van der Waals surface area contributed by atoms with E-state index in [1.807, 2.05) is 35.8 Å². The summed E-state index contributed by atoms with van der Waals surface area (Å²) in [5.41, 5.74) is 3.91. The highest BCUT2D eigenvalue weighted by Gasteiger charge is 2.19. The molecule has 142 valence electrons. The molecule has 1 aliphatic rings. The molecule has 0 amide bonds. The van der Waals surface area contributed by atoms with Crippen LogP contribution in [0.2, 0.25) is 10.0 Å². The van der Waals surface area contributed by atoms with Gasteiger partial charge >= 0.3 is 0 Å². The number of benzene rings is 2. The van der Waals surface area contributed by atoms with E-state index in [1.165, 1.54) is 4.70 Å². The minimum atomic E-state index is 0.615. The minimum absolute atomic E-state index is 0.615. The average Bonchev–Trinajstić information content (AvgIpc) is 3.16. The number of hydrogen-bond donors (Lipinski definition) is 0. The fraction of sp³-hybridized carbons (Fsp3) is 0.350. The highest BCUT2D eigenvalue weighted by Crippen LogP contribution is 2.32. The van der Waals surface area contributed by atoms with Crippen molar-refractivity contribution < 1.29 is 4.74 Å². The Balaban J connectivity index is 1.21. The molecule has 1 fully saturated rings. The second kappa shape index (κ2) is 8.65. The van der Waals surface area contributed by atoms with Gasteiger partial charge in [0.15, 0.2) is 0 Å². The van der Waals surface area contributed by atoms with Crippen LogP contribution in [0.25, 0.3) is 10.2 Å². The molecular formula is C20H21Cl2N3OS. The summed E-state index contributed by atoms with van der Waals surface area (Å²) >= 11 is 14.1. The first-order chi connectivity index (χ1) is 13.2. The van der Waals surface area contributed by atoms with E-state index in [9.17, 15) is 0 Å². The van der Waals surface area contributed by atoms with Crippen molar-refractivity contribution in [2.75, 3.05) is 44.2 Å². The molecule has 1 saturated heterocycles. The summed E-state index contributed by atoms with van der Waals surface area (Å²) in [5, 5.41) is 1.27. The maximum atomic E-state index is 6.35. The van der Waals surface area contributed by atoms with Crippen molar-refractivity contribution in [1.82, 2.24) is 9.88 Å². The first-order valence-corrected chi connectivity index (χ1v) is 10.7. The molecule has 4 rings (SSSR count). The molecule has 1 aromatic heterocycles. The largest absolute Gasteiger partial charge is 0.493 e. The van der Waals surface area contributed by atoms with Crippen molar-refractivity contribution in [1.29, 1.82) is 0 Å². The van der Waals surface area contributed by atoms with Gasteiger partial charge < -0.3 is 9.64 Å². The summed E-state index contributed by atoms with van der Waals surface area (Å²) in [7, 11) is 0. The standard InChI is InChI=1S/C20H21Cl2N3OS/c21-16-3-1-4-18(20(16)22)25-10-8-24(9-11-25)7-2-12-26-15-5-6-19-17(13-15)23-14-27-19/h1,3-6,13-14H,2,7-12H2. The van der Waals surface area contributed by atoms with Gasteiger partial charge in [0.1, 0.15) is 5.75 Å². The van der Waals surface area contributed by atoms with Gasteiger partial charge in [0.05, 0.1) is 38.1 Å². The number of halogens is 2. The van der Waals surface area contributed by atoms with Crippen LogP contribution in [0, 0.1) is 0 Å². The fourth-order valence-corrected chi connectivity index (χ4v) is 4.43. The van der Waals surface area contributed by atoms with Crippen LogP contribution in [0.5, 0.6) is 5.75 Å². The molecule has 0 N–H and O–H groups in total. The number of rotatable bonds is 6. The van der Waals surface area contributed by atoms with Gasteiger partial charge in [0.2, 0.25) is 0 Å². The number of hydrogen-bond acceptors (Lipinski definition) is 5. The van der Waals surface area contributed by atoms with Gasteiger partial charge in [-0.3, -0.25) is 4.90 Å². The quantitative estimate of drug-likeness (QED) is 0.511. The van der Waals surface area contributed by atoms with Crippen LogP contribution in [-0.2, 0) is 0 Å². The van der Waals surface area contributed by atoms with E-state index in [1.54, 1.807) is 11.3 Å². The number of aromatic nitrogens is 1. The molecule has 0 atom stereocenters. The summed E-state index contributed by atoms with van der Waals surface area (Å²) in [4.78, 5) is 9.12. The first-order valence-electron chi connectivity index (χ1n) is 9.08. The highest BCUT2D eigenvalue weighted by molar-refractivity contribution is 7.16. The van der Waals surface area contributed by atoms with Gasteiger partial charge in [-0.1, -0.05) is 29.3 Å². The number of nitrogens with zero attached hydrogens (tertiary/aromatic N) is 3. The third-order valence-corrected chi connectivity index (χ3v) is 6.45. The summed E-state index contributed by atoms with van der Waals surface area (Å²) in [6.07, 6.45) is 1.01. The lowest BCUT2D eigenvalue weighted by Crippen LogP contribution is -2.46. The lowest BCUT2D eigenvalue weighted by molar-refractivity contribution is 0.225. The molecular weight excluding hydrogens is 401 g/mol. The molecule has 0 unspecified atom stereocenters. The Hall–Kier alpha value is -1.53. The predicted octanol–water partition coefficient (Wildman–Crippen LogP) is 5.19. The zero-order valence-electron chi connectivity index (χ0n) is 14.9. The normalized spacial score (nSPS) is 15.4. The topological polar surface area (TPSA) is 28.6 Å². The van der Waals surface area contributed by atoms with Crippen molar-refractivity contribution in [2.24, 2.45) is 0 Å². The third-order valence-electron chi connectivity index (χ3n) is 4.83. The maximum absolute atomic E-state index is 6.35. The molecule has 7 heteroatoms. The van der Waals surface area contributed by atoms with Crippen LogP contribution >= 0.6 is 34.5 Å². The van der Waals surface area contributed by atoms with E-state index in [0.717, 1.165) is 62.7 Å². The van der Waals surface area contributed by atoms with E-state index >= 15 is 0 Å².